The maximum Gasteiger partial charge on any atom is 0.141 e. The van der Waals surface area contributed by atoms with Crippen molar-refractivity contribution in [1.82, 2.24) is 0 Å². The van der Waals surface area contributed by atoms with Crippen LogP contribution in [-0.2, 0) is 0 Å². The van der Waals surface area contributed by atoms with Gasteiger partial charge in [0.2, 0.25) is 0 Å². The first-order chi connectivity index (χ1) is 6.59. The summed E-state index contributed by atoms with van der Waals surface area (Å²) < 4.78 is 0. The highest BCUT2D eigenvalue weighted by Gasteiger charge is 2.00. The second-order valence-electron chi connectivity index (χ2n) is 3.93. The summed E-state index contributed by atoms with van der Waals surface area (Å²) in [6.45, 7) is 6.31. The first-order valence-corrected chi connectivity index (χ1v) is 4.91. The normalized spacial score (nSPS) is 12.1. The number of aliphatic imine (C=N–C) groups is 1. The summed E-state index contributed by atoms with van der Waals surface area (Å²) >= 11 is 0. The zero-order chi connectivity index (χ0) is 10.6. The van der Waals surface area contributed by atoms with E-state index in [1.165, 1.54) is 0 Å². The van der Waals surface area contributed by atoms with Crippen LogP contribution in [0.4, 0.5) is 5.69 Å². The van der Waals surface area contributed by atoms with Gasteiger partial charge in [-0.25, -0.2) is 0 Å². The second kappa shape index (κ2) is 4.80. The van der Waals surface area contributed by atoms with Gasteiger partial charge in [-0.05, 0) is 31.4 Å². The first-order valence-electron chi connectivity index (χ1n) is 4.91. The van der Waals surface area contributed by atoms with Crippen molar-refractivity contribution in [1.29, 1.82) is 0 Å². The van der Waals surface area contributed by atoms with Gasteiger partial charge in [-0.1, -0.05) is 26.0 Å². The third-order valence-corrected chi connectivity index (χ3v) is 1.90. The Labute approximate surface area is 85.3 Å². The van der Waals surface area contributed by atoms with Crippen molar-refractivity contribution in [3.05, 3.63) is 24.3 Å². The average molecular weight is 191 g/mol. The standard InChI is InChI=1S/C12H17NO/c1-9(2)8-10(3)13-11-6-4-5-7-12(11)14/h4-7,9,14H,8H2,1-3H3. The third kappa shape index (κ3) is 3.21. The van der Waals surface area contributed by atoms with Gasteiger partial charge in [0.05, 0.1) is 0 Å². The third-order valence-electron chi connectivity index (χ3n) is 1.90. The molecule has 0 amide bonds. The fourth-order valence-electron chi connectivity index (χ4n) is 1.40. The molecule has 0 aromatic heterocycles. The molecule has 0 saturated carbocycles. The summed E-state index contributed by atoms with van der Waals surface area (Å²) in [5.41, 5.74) is 1.71. The number of aromatic hydroxyl groups is 1. The van der Waals surface area contributed by atoms with Gasteiger partial charge in [-0.3, -0.25) is 4.99 Å². The van der Waals surface area contributed by atoms with Crippen molar-refractivity contribution in [3.8, 4) is 5.75 Å². The van der Waals surface area contributed by atoms with E-state index in [1.54, 1.807) is 12.1 Å². The average Bonchev–Trinajstić information content (AvgIpc) is 2.07. The molecule has 1 rings (SSSR count). The molecule has 14 heavy (non-hydrogen) atoms. The number of phenols is 1. The number of nitrogens with zero attached hydrogens (tertiary/aromatic N) is 1. The number of hydrogen-bond acceptors (Lipinski definition) is 2. The molecule has 0 aliphatic heterocycles. The number of benzene rings is 1. The zero-order valence-electron chi connectivity index (χ0n) is 8.99. The molecule has 2 heteroatoms. The summed E-state index contributed by atoms with van der Waals surface area (Å²) in [4.78, 5) is 4.37. The molecule has 0 spiro atoms. The molecular weight excluding hydrogens is 174 g/mol. The van der Waals surface area contributed by atoms with E-state index in [9.17, 15) is 5.11 Å². The van der Waals surface area contributed by atoms with Crippen LogP contribution in [0, 0.1) is 5.92 Å². The molecule has 0 bridgehead atoms. The van der Waals surface area contributed by atoms with Gasteiger partial charge in [-0.15, -0.1) is 0 Å². The minimum absolute atomic E-state index is 0.246. The van der Waals surface area contributed by atoms with Crippen molar-refractivity contribution in [3.63, 3.8) is 0 Å². The van der Waals surface area contributed by atoms with Gasteiger partial charge in [0.25, 0.3) is 0 Å². The summed E-state index contributed by atoms with van der Waals surface area (Å²) in [5, 5.41) is 9.49. The lowest BCUT2D eigenvalue weighted by Gasteiger charge is -2.04. The Morgan fingerprint density at radius 2 is 2.00 bits per heavy atom. The van der Waals surface area contributed by atoms with Gasteiger partial charge < -0.3 is 5.11 Å². The Bertz CT molecular complexity index is 329. The Kier molecular flexibility index (Phi) is 3.69. The number of rotatable bonds is 3. The summed E-state index contributed by atoms with van der Waals surface area (Å²) in [6.07, 6.45) is 0.967. The molecule has 0 aliphatic rings. The van der Waals surface area contributed by atoms with E-state index < -0.39 is 0 Å². The monoisotopic (exact) mass is 191 g/mol. The fourth-order valence-corrected chi connectivity index (χ4v) is 1.40. The lowest BCUT2D eigenvalue weighted by atomic mass is 10.1. The minimum atomic E-state index is 0.246. The summed E-state index contributed by atoms with van der Waals surface area (Å²) in [6, 6.07) is 7.15. The predicted molar refractivity (Wildman–Crippen MR) is 60.3 cm³/mol. The topological polar surface area (TPSA) is 32.6 Å². The van der Waals surface area contributed by atoms with Gasteiger partial charge in [-0.2, -0.15) is 0 Å². The zero-order valence-corrected chi connectivity index (χ0v) is 8.99. The lowest BCUT2D eigenvalue weighted by molar-refractivity contribution is 0.477. The van der Waals surface area contributed by atoms with E-state index in [0.29, 0.717) is 11.6 Å². The quantitative estimate of drug-likeness (QED) is 0.728. The van der Waals surface area contributed by atoms with Crippen LogP contribution in [0.5, 0.6) is 5.75 Å². The van der Waals surface area contributed by atoms with Crippen molar-refractivity contribution in [2.75, 3.05) is 0 Å². The molecule has 0 heterocycles. The summed E-state index contributed by atoms with van der Waals surface area (Å²) in [5.74, 6) is 0.847. The van der Waals surface area contributed by atoms with Crippen molar-refractivity contribution in [2.24, 2.45) is 10.9 Å². The Balaban J connectivity index is 2.81. The molecule has 2 nitrogen and oxygen atoms in total. The van der Waals surface area contributed by atoms with Crippen LogP contribution in [0.3, 0.4) is 0 Å². The minimum Gasteiger partial charge on any atom is -0.506 e. The Morgan fingerprint density at radius 3 is 2.57 bits per heavy atom. The van der Waals surface area contributed by atoms with Crippen LogP contribution in [0.2, 0.25) is 0 Å². The molecule has 0 radical (unpaired) electrons. The smallest absolute Gasteiger partial charge is 0.141 e. The molecular formula is C12H17NO. The van der Waals surface area contributed by atoms with Crippen LogP contribution in [0.25, 0.3) is 0 Å². The van der Waals surface area contributed by atoms with Crippen LogP contribution in [0.1, 0.15) is 27.2 Å². The van der Waals surface area contributed by atoms with E-state index in [1.807, 2.05) is 19.1 Å². The van der Waals surface area contributed by atoms with Crippen molar-refractivity contribution >= 4 is 11.4 Å². The molecule has 0 saturated heterocycles. The highest BCUT2D eigenvalue weighted by atomic mass is 16.3. The molecule has 1 N–H and O–H groups in total. The number of para-hydroxylation sites is 2. The maximum absolute atomic E-state index is 9.49. The number of phenolic OH excluding ortho intramolecular Hbond substituents is 1. The molecule has 0 aliphatic carbocycles. The molecule has 0 unspecified atom stereocenters. The van der Waals surface area contributed by atoms with E-state index in [4.69, 9.17) is 0 Å². The molecule has 0 fully saturated rings. The molecule has 76 valence electrons. The molecule has 0 atom stereocenters. The van der Waals surface area contributed by atoms with E-state index in [2.05, 4.69) is 18.8 Å². The van der Waals surface area contributed by atoms with Crippen molar-refractivity contribution < 1.29 is 5.11 Å². The van der Waals surface area contributed by atoms with Crippen LogP contribution in [0.15, 0.2) is 29.3 Å². The van der Waals surface area contributed by atoms with Crippen LogP contribution < -0.4 is 0 Å². The lowest BCUT2D eigenvalue weighted by Crippen LogP contribution is -1.97. The number of hydrogen-bond donors (Lipinski definition) is 1. The van der Waals surface area contributed by atoms with E-state index in [-0.39, 0.29) is 5.75 Å². The Hall–Kier alpha value is -1.31. The Morgan fingerprint density at radius 1 is 1.36 bits per heavy atom. The predicted octanol–water partition coefficient (Wildman–Crippen LogP) is 3.53. The molecule has 1 aromatic rings. The van der Waals surface area contributed by atoms with E-state index >= 15 is 0 Å². The van der Waals surface area contributed by atoms with Crippen molar-refractivity contribution in [2.45, 2.75) is 27.2 Å². The SMILES string of the molecule is CC(CC(C)C)=Nc1ccccc1O. The second-order valence-corrected chi connectivity index (χ2v) is 3.93. The fraction of sp³-hybridized carbons (Fsp3) is 0.417. The van der Waals surface area contributed by atoms with Gasteiger partial charge in [0.15, 0.2) is 0 Å². The highest BCUT2D eigenvalue weighted by molar-refractivity contribution is 5.85. The van der Waals surface area contributed by atoms with Gasteiger partial charge in [0.1, 0.15) is 11.4 Å². The first kappa shape index (κ1) is 10.8. The largest absolute Gasteiger partial charge is 0.506 e. The van der Waals surface area contributed by atoms with Crippen LogP contribution in [-0.4, -0.2) is 10.8 Å². The summed E-state index contributed by atoms with van der Waals surface area (Å²) in [7, 11) is 0. The maximum atomic E-state index is 9.49. The molecule has 1 aromatic carbocycles. The van der Waals surface area contributed by atoms with Crippen LogP contribution >= 0.6 is 0 Å². The van der Waals surface area contributed by atoms with Gasteiger partial charge >= 0.3 is 0 Å². The van der Waals surface area contributed by atoms with Gasteiger partial charge in [0, 0.05) is 5.71 Å². The van der Waals surface area contributed by atoms with E-state index in [0.717, 1.165) is 12.1 Å². The highest BCUT2D eigenvalue weighted by Crippen LogP contribution is 2.25.